The Kier molecular flexibility index (Phi) is 10.5. The summed E-state index contributed by atoms with van der Waals surface area (Å²) in [5.74, 6) is 0.816. The van der Waals surface area contributed by atoms with Gasteiger partial charge in [0.25, 0.3) is 0 Å². The number of hydrogen-bond acceptors (Lipinski definition) is 4. The molecule has 0 fully saturated rings. The number of sulfone groups is 1. The van der Waals surface area contributed by atoms with Crippen LogP contribution in [0.3, 0.4) is 0 Å². The molecule has 30 heavy (non-hydrogen) atoms. The minimum Gasteiger partial charge on any atom is -0.496 e. The number of ether oxygens (including phenoxy) is 1. The average Bonchev–Trinajstić information content (AvgIpc) is 2.66. The fraction of sp³-hybridized carbons (Fsp3) is 0.381. The number of hydrogen-bond donors (Lipinski definition) is 2. The van der Waals surface area contributed by atoms with Crippen LogP contribution in [0.4, 0.5) is 4.39 Å². The Morgan fingerprint density at radius 3 is 2.50 bits per heavy atom. The SMILES string of the molecule is CCNC(=NCc1ccc(C)c(OC)c1)NCc1cc(F)ccc1CS(C)(=O)=O.I. The third kappa shape index (κ3) is 8.47. The van der Waals surface area contributed by atoms with Crippen LogP contribution in [0.2, 0.25) is 0 Å². The van der Waals surface area contributed by atoms with E-state index in [9.17, 15) is 12.8 Å². The molecule has 0 aromatic heterocycles. The van der Waals surface area contributed by atoms with E-state index in [0.29, 0.717) is 30.2 Å². The molecule has 2 aromatic rings. The van der Waals surface area contributed by atoms with Crippen LogP contribution < -0.4 is 15.4 Å². The highest BCUT2D eigenvalue weighted by atomic mass is 127. The summed E-state index contributed by atoms with van der Waals surface area (Å²) in [6.07, 6.45) is 1.16. The second kappa shape index (κ2) is 12.1. The van der Waals surface area contributed by atoms with Crippen molar-refractivity contribution in [3.63, 3.8) is 0 Å². The van der Waals surface area contributed by atoms with Gasteiger partial charge in [0.05, 0.1) is 19.4 Å². The maximum absolute atomic E-state index is 13.7. The summed E-state index contributed by atoms with van der Waals surface area (Å²) in [6.45, 7) is 5.27. The molecule has 2 rings (SSSR count). The third-order valence-corrected chi connectivity index (χ3v) is 5.10. The molecule has 0 saturated heterocycles. The fourth-order valence-corrected chi connectivity index (χ4v) is 3.68. The van der Waals surface area contributed by atoms with Crippen LogP contribution in [0.5, 0.6) is 5.75 Å². The van der Waals surface area contributed by atoms with E-state index in [0.717, 1.165) is 23.1 Å². The molecule has 2 aromatic carbocycles. The summed E-state index contributed by atoms with van der Waals surface area (Å²) in [7, 11) is -1.59. The summed E-state index contributed by atoms with van der Waals surface area (Å²) in [5, 5.41) is 6.29. The van der Waals surface area contributed by atoms with Crippen molar-refractivity contribution in [1.82, 2.24) is 10.6 Å². The Hall–Kier alpha value is -1.88. The molecule has 0 aliphatic carbocycles. The summed E-state index contributed by atoms with van der Waals surface area (Å²) < 4.78 is 42.3. The Labute approximate surface area is 195 Å². The molecule has 0 spiro atoms. The van der Waals surface area contributed by atoms with Crippen LogP contribution >= 0.6 is 24.0 Å². The van der Waals surface area contributed by atoms with Crippen molar-refractivity contribution in [2.24, 2.45) is 4.99 Å². The first kappa shape index (κ1) is 26.2. The lowest BCUT2D eigenvalue weighted by molar-refractivity contribution is 0.411. The maximum Gasteiger partial charge on any atom is 0.191 e. The molecule has 0 saturated carbocycles. The van der Waals surface area contributed by atoms with Gasteiger partial charge in [-0.25, -0.2) is 17.8 Å². The van der Waals surface area contributed by atoms with Gasteiger partial charge in [0.1, 0.15) is 11.6 Å². The molecule has 0 radical (unpaired) electrons. The number of nitrogens with one attached hydrogen (secondary N) is 2. The molecule has 2 N–H and O–H groups in total. The van der Waals surface area contributed by atoms with Gasteiger partial charge in [0.15, 0.2) is 15.8 Å². The largest absolute Gasteiger partial charge is 0.496 e. The smallest absolute Gasteiger partial charge is 0.191 e. The molecular formula is C21H29FIN3O3S. The second-order valence-electron chi connectivity index (χ2n) is 6.84. The minimum atomic E-state index is -3.23. The van der Waals surface area contributed by atoms with Gasteiger partial charge in [0, 0.05) is 19.3 Å². The predicted molar refractivity (Wildman–Crippen MR) is 130 cm³/mol. The summed E-state index contributed by atoms with van der Waals surface area (Å²) in [4.78, 5) is 4.56. The van der Waals surface area contributed by atoms with Gasteiger partial charge in [-0.1, -0.05) is 18.2 Å². The summed E-state index contributed by atoms with van der Waals surface area (Å²) in [5.41, 5.74) is 3.20. The monoisotopic (exact) mass is 549 g/mol. The average molecular weight is 549 g/mol. The van der Waals surface area contributed by atoms with Gasteiger partial charge < -0.3 is 15.4 Å². The van der Waals surface area contributed by atoms with E-state index in [2.05, 4.69) is 15.6 Å². The molecule has 6 nitrogen and oxygen atoms in total. The molecule has 0 atom stereocenters. The third-order valence-electron chi connectivity index (χ3n) is 4.27. The van der Waals surface area contributed by atoms with Gasteiger partial charge >= 0.3 is 0 Å². The van der Waals surface area contributed by atoms with Crippen molar-refractivity contribution in [3.8, 4) is 5.75 Å². The highest BCUT2D eigenvalue weighted by Crippen LogP contribution is 2.19. The highest BCUT2D eigenvalue weighted by molar-refractivity contribution is 14.0. The van der Waals surface area contributed by atoms with Crippen molar-refractivity contribution in [3.05, 3.63) is 64.5 Å². The number of halogens is 2. The molecule has 0 unspecified atom stereocenters. The fourth-order valence-electron chi connectivity index (χ4n) is 2.84. The Morgan fingerprint density at radius 2 is 1.87 bits per heavy atom. The molecule has 0 aliphatic heterocycles. The summed E-state index contributed by atoms with van der Waals surface area (Å²) in [6, 6.07) is 10.0. The van der Waals surface area contributed by atoms with Crippen molar-refractivity contribution >= 4 is 39.8 Å². The van der Waals surface area contributed by atoms with Gasteiger partial charge in [0.2, 0.25) is 0 Å². The van der Waals surface area contributed by atoms with E-state index in [1.54, 1.807) is 7.11 Å². The van der Waals surface area contributed by atoms with Gasteiger partial charge in [-0.2, -0.15) is 0 Å². The number of aliphatic imine (C=N–C) groups is 1. The van der Waals surface area contributed by atoms with E-state index in [1.165, 1.54) is 18.2 Å². The zero-order valence-corrected chi connectivity index (χ0v) is 20.8. The molecule has 0 aliphatic rings. The highest BCUT2D eigenvalue weighted by Gasteiger charge is 2.11. The molecule has 0 heterocycles. The second-order valence-corrected chi connectivity index (χ2v) is 8.98. The summed E-state index contributed by atoms with van der Waals surface area (Å²) >= 11 is 0. The van der Waals surface area contributed by atoms with E-state index >= 15 is 0 Å². The number of benzene rings is 2. The van der Waals surface area contributed by atoms with Crippen molar-refractivity contribution < 1.29 is 17.5 Å². The lowest BCUT2D eigenvalue weighted by Gasteiger charge is -2.14. The number of rotatable bonds is 8. The van der Waals surface area contributed by atoms with Crippen LogP contribution in [-0.4, -0.2) is 34.3 Å². The van der Waals surface area contributed by atoms with Gasteiger partial charge in [-0.3, -0.25) is 0 Å². The number of aryl methyl sites for hydroxylation is 1. The van der Waals surface area contributed by atoms with E-state index in [1.807, 2.05) is 32.0 Å². The van der Waals surface area contributed by atoms with Crippen molar-refractivity contribution in [2.75, 3.05) is 19.9 Å². The first-order chi connectivity index (χ1) is 13.7. The van der Waals surface area contributed by atoms with Crippen molar-refractivity contribution in [1.29, 1.82) is 0 Å². The molecule has 0 amide bonds. The van der Waals surface area contributed by atoms with Crippen LogP contribution in [-0.2, 0) is 28.7 Å². The van der Waals surface area contributed by atoms with E-state index in [4.69, 9.17) is 4.74 Å². The molecule has 0 bridgehead atoms. The zero-order valence-electron chi connectivity index (χ0n) is 17.7. The van der Waals surface area contributed by atoms with Crippen LogP contribution in [0.1, 0.15) is 29.2 Å². The first-order valence-corrected chi connectivity index (χ1v) is 11.4. The van der Waals surface area contributed by atoms with Crippen LogP contribution in [0, 0.1) is 12.7 Å². The van der Waals surface area contributed by atoms with Crippen LogP contribution in [0.25, 0.3) is 0 Å². The van der Waals surface area contributed by atoms with Gasteiger partial charge in [-0.15, -0.1) is 24.0 Å². The standard InChI is InChI=1S/C21H28FN3O3S.HI/c1-5-23-21(24-12-16-7-6-15(2)20(10-16)28-3)25-13-18-11-19(22)9-8-17(18)14-29(4,26)27;/h6-11H,5,12-14H2,1-4H3,(H2,23,24,25);1H. The minimum absolute atomic E-state index is 0. The van der Waals surface area contributed by atoms with Crippen LogP contribution in [0.15, 0.2) is 41.4 Å². The van der Waals surface area contributed by atoms with Crippen molar-refractivity contribution in [2.45, 2.75) is 32.7 Å². The quantitative estimate of drug-likeness (QED) is 0.299. The van der Waals surface area contributed by atoms with Gasteiger partial charge in [-0.05, 0) is 54.3 Å². The Bertz CT molecular complexity index is 981. The zero-order chi connectivity index (χ0) is 21.4. The number of methoxy groups -OCH3 is 1. The molecule has 9 heteroatoms. The molecular weight excluding hydrogens is 520 g/mol. The van der Waals surface area contributed by atoms with E-state index in [-0.39, 0.29) is 36.3 Å². The topological polar surface area (TPSA) is 79.8 Å². The molecule has 166 valence electrons. The lowest BCUT2D eigenvalue weighted by atomic mass is 10.1. The lowest BCUT2D eigenvalue weighted by Crippen LogP contribution is -2.37. The normalized spacial score (nSPS) is 11.6. The number of guanidine groups is 1. The Morgan fingerprint density at radius 1 is 1.13 bits per heavy atom. The number of nitrogens with zero attached hydrogens (tertiary/aromatic N) is 1. The maximum atomic E-state index is 13.7. The first-order valence-electron chi connectivity index (χ1n) is 9.32. The predicted octanol–water partition coefficient (Wildman–Crippen LogP) is 3.56. The Balaban J connectivity index is 0.00000450. The van der Waals surface area contributed by atoms with E-state index < -0.39 is 15.7 Å².